The number of nitrogens with zero attached hydrogens (tertiary/aromatic N) is 1. The smallest absolute Gasteiger partial charge is 0.425 e. The Balaban J connectivity index is 3.28. The third kappa shape index (κ3) is 3.74. The minimum Gasteiger partial charge on any atom is -0.496 e. The van der Waals surface area contributed by atoms with Crippen molar-refractivity contribution >= 4 is 0 Å². The topological polar surface area (TPSA) is 31.4 Å². The summed E-state index contributed by atoms with van der Waals surface area (Å²) in [4.78, 5) is 3.63. The van der Waals surface area contributed by atoms with E-state index in [0.717, 1.165) is 13.2 Å². The molecule has 0 radical (unpaired) electrons. The molecular formula is C13H14F3NO2. The number of ether oxygens (including phenoxy) is 2. The maximum atomic E-state index is 13.0. The lowest BCUT2D eigenvalue weighted by atomic mass is 10.2. The van der Waals surface area contributed by atoms with Crippen LogP contribution in [0.2, 0.25) is 0 Å². The highest BCUT2D eigenvalue weighted by Gasteiger charge is 2.39. The highest BCUT2D eigenvalue weighted by molar-refractivity contribution is 5.43. The van der Waals surface area contributed by atoms with Crippen LogP contribution in [-0.4, -0.2) is 12.1 Å². The number of rotatable bonds is 4. The number of hydrogen-bond acceptors (Lipinski definition) is 3. The molecular weight excluding hydrogens is 259 g/mol. The zero-order valence-electron chi connectivity index (χ0n) is 10.8. The Labute approximate surface area is 109 Å². The molecule has 0 bridgehead atoms. The number of allylic oxidation sites excluding steroid dienone is 3. The molecule has 1 aromatic heterocycles. The standard InChI is InChI=1S/C13H14F3NO2/c1-4-6-9(5-2)19-12-11(13(14,15)16)10(18-3)7-8-17-12/h4-8H,1-3H3. The first-order valence-electron chi connectivity index (χ1n) is 5.51. The van der Waals surface area contributed by atoms with Gasteiger partial charge < -0.3 is 9.47 Å². The van der Waals surface area contributed by atoms with Crippen LogP contribution >= 0.6 is 0 Å². The molecule has 0 N–H and O–H groups in total. The summed E-state index contributed by atoms with van der Waals surface area (Å²) in [5.74, 6) is -0.583. The van der Waals surface area contributed by atoms with Crippen LogP contribution < -0.4 is 9.47 Å². The Morgan fingerprint density at radius 2 is 2.00 bits per heavy atom. The van der Waals surface area contributed by atoms with E-state index in [4.69, 9.17) is 9.47 Å². The second-order valence-electron chi connectivity index (χ2n) is 3.48. The number of pyridine rings is 1. The van der Waals surface area contributed by atoms with Crippen LogP contribution in [-0.2, 0) is 6.18 Å². The van der Waals surface area contributed by atoms with Gasteiger partial charge in [0.05, 0.1) is 7.11 Å². The first kappa shape index (κ1) is 15.1. The van der Waals surface area contributed by atoms with Gasteiger partial charge in [0.15, 0.2) is 5.56 Å². The largest absolute Gasteiger partial charge is 0.496 e. The van der Waals surface area contributed by atoms with Crippen molar-refractivity contribution in [2.24, 2.45) is 0 Å². The fraction of sp³-hybridized carbons (Fsp3) is 0.308. The monoisotopic (exact) mass is 273 g/mol. The van der Waals surface area contributed by atoms with Gasteiger partial charge in [-0.1, -0.05) is 6.08 Å². The molecule has 0 spiro atoms. The van der Waals surface area contributed by atoms with Crippen molar-refractivity contribution in [2.45, 2.75) is 20.0 Å². The van der Waals surface area contributed by atoms with Crippen molar-refractivity contribution in [3.8, 4) is 11.6 Å². The first-order chi connectivity index (χ1) is 8.93. The predicted molar refractivity (Wildman–Crippen MR) is 65.0 cm³/mol. The van der Waals surface area contributed by atoms with Crippen LogP contribution in [0.4, 0.5) is 13.2 Å². The lowest BCUT2D eigenvalue weighted by Crippen LogP contribution is -2.11. The first-order valence-corrected chi connectivity index (χ1v) is 5.51. The zero-order chi connectivity index (χ0) is 14.5. The average molecular weight is 273 g/mol. The van der Waals surface area contributed by atoms with Crippen molar-refractivity contribution in [2.75, 3.05) is 7.11 Å². The molecule has 3 nitrogen and oxygen atoms in total. The minimum absolute atomic E-state index is 0.272. The Bertz CT molecular complexity index is 493. The SMILES string of the molecule is CC=CC(=CC)Oc1nccc(OC)c1C(F)(F)F. The summed E-state index contributed by atoms with van der Waals surface area (Å²) in [6.07, 6.45) is 1.33. The molecule has 0 fully saturated rings. The Hall–Kier alpha value is -1.98. The van der Waals surface area contributed by atoms with E-state index in [1.165, 1.54) is 6.20 Å². The molecule has 1 aromatic rings. The summed E-state index contributed by atoms with van der Waals surface area (Å²) in [5, 5.41) is 0. The molecule has 104 valence electrons. The van der Waals surface area contributed by atoms with E-state index >= 15 is 0 Å². The van der Waals surface area contributed by atoms with Crippen LogP contribution in [0.25, 0.3) is 0 Å². The summed E-state index contributed by atoms with van der Waals surface area (Å²) in [6.45, 7) is 3.39. The molecule has 6 heteroatoms. The molecule has 0 unspecified atom stereocenters. The molecule has 0 aliphatic carbocycles. The number of methoxy groups -OCH3 is 1. The van der Waals surface area contributed by atoms with E-state index in [9.17, 15) is 13.2 Å². The van der Waals surface area contributed by atoms with Gasteiger partial charge >= 0.3 is 6.18 Å². The third-order valence-electron chi connectivity index (χ3n) is 2.21. The average Bonchev–Trinajstić information content (AvgIpc) is 2.36. The van der Waals surface area contributed by atoms with Gasteiger partial charge in [0.25, 0.3) is 0 Å². The minimum atomic E-state index is -4.61. The van der Waals surface area contributed by atoms with Gasteiger partial charge in [0.1, 0.15) is 11.5 Å². The number of aromatic nitrogens is 1. The number of hydrogen-bond donors (Lipinski definition) is 0. The van der Waals surface area contributed by atoms with Gasteiger partial charge in [0, 0.05) is 6.20 Å². The van der Waals surface area contributed by atoms with Crippen LogP contribution in [0.1, 0.15) is 19.4 Å². The number of alkyl halides is 3. The zero-order valence-corrected chi connectivity index (χ0v) is 10.8. The van der Waals surface area contributed by atoms with Crippen LogP contribution in [0.15, 0.2) is 36.3 Å². The van der Waals surface area contributed by atoms with Crippen LogP contribution in [0, 0.1) is 0 Å². The molecule has 0 amide bonds. The van der Waals surface area contributed by atoms with E-state index < -0.39 is 17.6 Å². The molecule has 0 aliphatic heterocycles. The molecule has 0 aromatic carbocycles. The quantitative estimate of drug-likeness (QED) is 0.614. The maximum absolute atomic E-state index is 13.0. The molecule has 0 atom stereocenters. The summed E-state index contributed by atoms with van der Waals surface area (Å²) in [5.41, 5.74) is -1.03. The summed E-state index contributed by atoms with van der Waals surface area (Å²) in [7, 11) is 1.16. The fourth-order valence-electron chi connectivity index (χ4n) is 1.40. The van der Waals surface area contributed by atoms with Crippen LogP contribution in [0.3, 0.4) is 0 Å². The van der Waals surface area contributed by atoms with Gasteiger partial charge in [-0.05, 0) is 32.1 Å². The van der Waals surface area contributed by atoms with Crippen molar-refractivity contribution in [1.82, 2.24) is 4.98 Å². The van der Waals surface area contributed by atoms with Crippen molar-refractivity contribution < 1.29 is 22.6 Å². The molecule has 0 saturated carbocycles. The highest BCUT2D eigenvalue weighted by Crippen LogP contribution is 2.41. The molecule has 19 heavy (non-hydrogen) atoms. The van der Waals surface area contributed by atoms with Crippen molar-refractivity contribution in [3.05, 3.63) is 41.8 Å². The summed E-state index contributed by atoms with van der Waals surface area (Å²) < 4.78 is 48.9. The molecule has 1 rings (SSSR count). The Morgan fingerprint density at radius 3 is 2.47 bits per heavy atom. The fourth-order valence-corrected chi connectivity index (χ4v) is 1.40. The van der Waals surface area contributed by atoms with Gasteiger partial charge in [-0.15, -0.1) is 0 Å². The van der Waals surface area contributed by atoms with Crippen molar-refractivity contribution in [3.63, 3.8) is 0 Å². The lowest BCUT2D eigenvalue weighted by Gasteiger charge is -2.15. The summed E-state index contributed by atoms with van der Waals surface area (Å²) in [6, 6.07) is 1.14. The maximum Gasteiger partial charge on any atom is 0.425 e. The van der Waals surface area contributed by atoms with E-state index in [1.807, 2.05) is 0 Å². The van der Waals surface area contributed by atoms with E-state index in [0.29, 0.717) is 0 Å². The molecule has 1 heterocycles. The number of halogens is 3. The Kier molecular flexibility index (Phi) is 4.97. The van der Waals surface area contributed by atoms with E-state index in [-0.39, 0.29) is 11.5 Å². The second-order valence-corrected chi connectivity index (χ2v) is 3.48. The Morgan fingerprint density at radius 1 is 1.32 bits per heavy atom. The predicted octanol–water partition coefficient (Wildman–Crippen LogP) is 3.97. The third-order valence-corrected chi connectivity index (χ3v) is 2.21. The highest BCUT2D eigenvalue weighted by atomic mass is 19.4. The van der Waals surface area contributed by atoms with E-state index in [2.05, 4.69) is 4.98 Å². The van der Waals surface area contributed by atoms with Crippen LogP contribution in [0.5, 0.6) is 11.6 Å². The van der Waals surface area contributed by atoms with Gasteiger partial charge in [0.2, 0.25) is 5.88 Å². The van der Waals surface area contributed by atoms with E-state index in [1.54, 1.807) is 32.1 Å². The summed E-state index contributed by atoms with van der Waals surface area (Å²) >= 11 is 0. The lowest BCUT2D eigenvalue weighted by molar-refractivity contribution is -0.140. The molecule has 0 saturated heterocycles. The second kappa shape index (κ2) is 6.26. The molecule has 0 aliphatic rings. The normalized spacial score (nSPS) is 12.8. The van der Waals surface area contributed by atoms with Gasteiger partial charge in [-0.25, -0.2) is 4.98 Å². The van der Waals surface area contributed by atoms with Gasteiger partial charge in [-0.3, -0.25) is 0 Å². The van der Waals surface area contributed by atoms with Crippen molar-refractivity contribution in [1.29, 1.82) is 0 Å². The van der Waals surface area contributed by atoms with Gasteiger partial charge in [-0.2, -0.15) is 13.2 Å².